The molecule has 1 aliphatic heterocycles. The molecular weight excluding hydrogens is 362 g/mol. The average Bonchev–Trinajstić information content (AvgIpc) is 3.44. The number of nitrogens with zero attached hydrogens (tertiary/aromatic N) is 4. The van der Waals surface area contributed by atoms with Gasteiger partial charge in [0.05, 0.1) is 5.54 Å². The highest BCUT2D eigenvalue weighted by Gasteiger charge is 2.42. The molecule has 6 nitrogen and oxygen atoms in total. The predicted molar refractivity (Wildman–Crippen MR) is 115 cm³/mol. The van der Waals surface area contributed by atoms with Gasteiger partial charge in [0.15, 0.2) is 6.26 Å². The zero-order chi connectivity index (χ0) is 19.9. The Balaban J connectivity index is 1.74. The molecule has 1 saturated heterocycles. The molecule has 0 bridgehead atoms. The molecule has 0 aromatic carbocycles. The average molecular weight is 400 g/mol. The first-order valence-electron chi connectivity index (χ1n) is 11.8. The number of aromatic amines is 1. The van der Waals surface area contributed by atoms with E-state index in [9.17, 15) is 0 Å². The molecular formula is C23H37N5O. The summed E-state index contributed by atoms with van der Waals surface area (Å²) in [5.41, 5.74) is 1.06. The molecule has 160 valence electrons. The van der Waals surface area contributed by atoms with Crippen LogP contribution in [-0.4, -0.2) is 32.9 Å². The summed E-state index contributed by atoms with van der Waals surface area (Å²) in [6.07, 6.45) is 20.6. The van der Waals surface area contributed by atoms with Crippen LogP contribution in [0.15, 0.2) is 29.1 Å². The van der Waals surface area contributed by atoms with Gasteiger partial charge in [-0.3, -0.25) is 5.01 Å². The van der Waals surface area contributed by atoms with Crippen LogP contribution in [0.3, 0.4) is 0 Å². The van der Waals surface area contributed by atoms with Crippen LogP contribution in [0.1, 0.15) is 96.1 Å². The second kappa shape index (κ2) is 9.79. The summed E-state index contributed by atoms with van der Waals surface area (Å²) in [4.78, 5) is 3.52. The third kappa shape index (κ3) is 4.68. The van der Waals surface area contributed by atoms with E-state index in [1.165, 1.54) is 82.7 Å². The van der Waals surface area contributed by atoms with Crippen molar-refractivity contribution in [2.45, 2.75) is 102 Å². The third-order valence-electron chi connectivity index (χ3n) is 7.02. The topological polar surface area (TPSA) is 61.2 Å². The molecule has 0 radical (unpaired) electrons. The normalized spacial score (nSPS) is 26.7. The van der Waals surface area contributed by atoms with E-state index in [1.54, 1.807) is 6.26 Å². The van der Waals surface area contributed by atoms with Gasteiger partial charge in [0, 0.05) is 29.7 Å². The fraction of sp³-hybridized carbons (Fsp3) is 0.739. The first-order chi connectivity index (χ1) is 14.3. The van der Waals surface area contributed by atoms with Crippen molar-refractivity contribution in [3.63, 3.8) is 0 Å². The Morgan fingerprint density at radius 3 is 2.41 bits per heavy atom. The SMILES string of the molecule is CC1(c2ccc[nH]2)CCCCCCN(C2CCCCCCCC2)N1c1conn1. The van der Waals surface area contributed by atoms with Crippen LogP contribution in [0.4, 0.5) is 5.82 Å². The second-order valence-corrected chi connectivity index (χ2v) is 9.11. The van der Waals surface area contributed by atoms with Crippen LogP contribution in [0.5, 0.6) is 0 Å². The van der Waals surface area contributed by atoms with Crippen LogP contribution in [0, 0.1) is 0 Å². The summed E-state index contributed by atoms with van der Waals surface area (Å²) in [7, 11) is 0. The van der Waals surface area contributed by atoms with Crippen molar-refractivity contribution in [2.75, 3.05) is 11.6 Å². The minimum Gasteiger partial charge on any atom is -0.363 e. The Bertz CT molecular complexity index is 691. The highest BCUT2D eigenvalue weighted by molar-refractivity contribution is 5.40. The summed E-state index contributed by atoms with van der Waals surface area (Å²) in [6.45, 7) is 3.44. The van der Waals surface area contributed by atoms with Crippen LogP contribution in [-0.2, 0) is 5.54 Å². The molecule has 2 aromatic heterocycles. The van der Waals surface area contributed by atoms with Gasteiger partial charge in [0.2, 0.25) is 5.82 Å². The quantitative estimate of drug-likeness (QED) is 0.706. The van der Waals surface area contributed by atoms with E-state index in [0.29, 0.717) is 6.04 Å². The molecule has 2 aliphatic rings. The monoisotopic (exact) mass is 399 g/mol. The van der Waals surface area contributed by atoms with Crippen LogP contribution in [0.2, 0.25) is 0 Å². The van der Waals surface area contributed by atoms with E-state index < -0.39 is 0 Å². The molecule has 1 unspecified atom stereocenters. The molecule has 6 heteroatoms. The second-order valence-electron chi connectivity index (χ2n) is 9.11. The van der Waals surface area contributed by atoms with Gasteiger partial charge in [-0.05, 0) is 44.7 Å². The van der Waals surface area contributed by atoms with E-state index in [-0.39, 0.29) is 5.54 Å². The molecule has 0 spiro atoms. The Labute approximate surface area is 175 Å². The summed E-state index contributed by atoms with van der Waals surface area (Å²) in [5.74, 6) is 0.837. The van der Waals surface area contributed by atoms with Crippen LogP contribution < -0.4 is 5.01 Å². The zero-order valence-corrected chi connectivity index (χ0v) is 18.0. The maximum atomic E-state index is 5.24. The Morgan fingerprint density at radius 2 is 1.72 bits per heavy atom. The maximum absolute atomic E-state index is 5.24. The number of aromatic nitrogens is 3. The lowest BCUT2D eigenvalue weighted by molar-refractivity contribution is 0.104. The largest absolute Gasteiger partial charge is 0.363 e. The van der Waals surface area contributed by atoms with Crippen molar-refractivity contribution < 1.29 is 4.52 Å². The highest BCUT2D eigenvalue weighted by Crippen LogP contribution is 2.40. The van der Waals surface area contributed by atoms with Gasteiger partial charge < -0.3 is 9.51 Å². The van der Waals surface area contributed by atoms with Crippen molar-refractivity contribution in [3.8, 4) is 0 Å². The van der Waals surface area contributed by atoms with Gasteiger partial charge in [0.25, 0.3) is 0 Å². The summed E-state index contributed by atoms with van der Waals surface area (Å²) >= 11 is 0. The van der Waals surface area contributed by atoms with Gasteiger partial charge in [-0.25, -0.2) is 5.01 Å². The van der Waals surface area contributed by atoms with Crippen molar-refractivity contribution in [1.82, 2.24) is 20.4 Å². The Morgan fingerprint density at radius 1 is 1.00 bits per heavy atom. The third-order valence-corrected chi connectivity index (χ3v) is 7.02. The molecule has 2 aromatic rings. The van der Waals surface area contributed by atoms with Crippen molar-refractivity contribution in [2.24, 2.45) is 0 Å². The van der Waals surface area contributed by atoms with E-state index in [1.807, 2.05) is 6.20 Å². The van der Waals surface area contributed by atoms with E-state index >= 15 is 0 Å². The maximum Gasteiger partial charge on any atom is 0.208 e. The summed E-state index contributed by atoms with van der Waals surface area (Å²) < 4.78 is 5.24. The fourth-order valence-electron chi connectivity index (χ4n) is 5.39. The molecule has 1 N–H and O–H groups in total. The molecule has 0 amide bonds. The van der Waals surface area contributed by atoms with Gasteiger partial charge in [-0.2, -0.15) is 0 Å². The number of anilines is 1. The molecule has 1 aliphatic carbocycles. The minimum absolute atomic E-state index is 0.190. The van der Waals surface area contributed by atoms with E-state index in [0.717, 1.165) is 18.8 Å². The standard InChI is InChI=1S/C23H37N5O/c1-23(21-15-12-17-24-21)16-10-6-7-11-18-27(28(23)22-19-29-26-25-22)20-13-8-4-2-3-5-9-14-20/h12,15,17,19-20,24H,2-11,13-14,16,18H2,1H3. The Hall–Kier alpha value is -1.82. The highest BCUT2D eigenvalue weighted by atomic mass is 16.5. The summed E-state index contributed by atoms with van der Waals surface area (Å²) in [5, 5.41) is 13.4. The number of H-pyrrole nitrogens is 1. The predicted octanol–water partition coefficient (Wildman–Crippen LogP) is 5.80. The van der Waals surface area contributed by atoms with Gasteiger partial charge in [0.1, 0.15) is 0 Å². The van der Waals surface area contributed by atoms with Crippen LogP contribution in [0.25, 0.3) is 0 Å². The van der Waals surface area contributed by atoms with Crippen molar-refractivity contribution >= 4 is 5.82 Å². The number of hydrogen-bond acceptors (Lipinski definition) is 5. The molecule has 29 heavy (non-hydrogen) atoms. The first kappa shape index (κ1) is 20.5. The van der Waals surface area contributed by atoms with Crippen LogP contribution >= 0.6 is 0 Å². The Kier molecular flexibility index (Phi) is 6.90. The first-order valence-corrected chi connectivity index (χ1v) is 11.8. The summed E-state index contributed by atoms with van der Waals surface area (Å²) in [6, 6.07) is 4.88. The van der Waals surface area contributed by atoms with Crippen molar-refractivity contribution in [1.29, 1.82) is 0 Å². The lowest BCUT2D eigenvalue weighted by atomic mass is 9.89. The zero-order valence-electron chi connectivity index (χ0n) is 18.0. The molecule has 1 saturated carbocycles. The molecule has 2 fully saturated rings. The molecule has 4 rings (SSSR count). The number of hydrogen-bond donors (Lipinski definition) is 1. The fourth-order valence-corrected chi connectivity index (χ4v) is 5.39. The lowest BCUT2D eigenvalue weighted by Crippen LogP contribution is -2.58. The van der Waals surface area contributed by atoms with Gasteiger partial charge >= 0.3 is 0 Å². The molecule has 3 heterocycles. The van der Waals surface area contributed by atoms with E-state index in [4.69, 9.17) is 4.52 Å². The number of rotatable bonds is 3. The van der Waals surface area contributed by atoms with Gasteiger partial charge in [-0.15, -0.1) is 0 Å². The van der Waals surface area contributed by atoms with Crippen molar-refractivity contribution in [3.05, 3.63) is 30.3 Å². The number of hydrazine groups is 1. The molecule has 1 atom stereocenters. The van der Waals surface area contributed by atoms with Gasteiger partial charge in [-0.1, -0.05) is 62.9 Å². The lowest BCUT2D eigenvalue weighted by Gasteiger charge is -2.49. The number of nitrogens with one attached hydrogen (secondary N) is 1. The van der Waals surface area contributed by atoms with E-state index in [2.05, 4.69) is 44.4 Å². The smallest absolute Gasteiger partial charge is 0.208 e. The minimum atomic E-state index is -0.190.